The lowest BCUT2D eigenvalue weighted by molar-refractivity contribution is -0.117. The molecule has 4 rings (SSSR count). The second-order valence-electron chi connectivity index (χ2n) is 6.57. The predicted molar refractivity (Wildman–Crippen MR) is 104 cm³/mol. The number of pyridine rings is 1. The summed E-state index contributed by atoms with van der Waals surface area (Å²) >= 11 is 0. The van der Waals surface area contributed by atoms with Gasteiger partial charge in [0.2, 0.25) is 5.91 Å². The van der Waals surface area contributed by atoms with Crippen molar-refractivity contribution in [1.29, 1.82) is 0 Å². The van der Waals surface area contributed by atoms with Crippen molar-refractivity contribution in [1.82, 2.24) is 4.98 Å². The molecule has 0 unspecified atom stereocenters. The van der Waals surface area contributed by atoms with Crippen molar-refractivity contribution in [3.8, 4) is 0 Å². The van der Waals surface area contributed by atoms with Crippen molar-refractivity contribution in [2.45, 2.75) is 19.4 Å². The molecule has 0 radical (unpaired) electrons. The highest BCUT2D eigenvalue weighted by atomic mass is 16.2. The third kappa shape index (κ3) is 3.91. The summed E-state index contributed by atoms with van der Waals surface area (Å²) in [5.74, 6) is 0.864. The van der Waals surface area contributed by atoms with Gasteiger partial charge in [-0.3, -0.25) is 4.79 Å². The van der Waals surface area contributed by atoms with Crippen molar-refractivity contribution in [3.63, 3.8) is 0 Å². The van der Waals surface area contributed by atoms with Gasteiger partial charge in [-0.05, 0) is 42.7 Å². The number of rotatable bonds is 6. The van der Waals surface area contributed by atoms with E-state index in [0.717, 1.165) is 30.8 Å². The smallest absolute Gasteiger partial charge is 0.228 e. The van der Waals surface area contributed by atoms with Crippen LogP contribution >= 0.6 is 0 Å². The molecule has 4 heteroatoms. The number of anilines is 3. The summed E-state index contributed by atoms with van der Waals surface area (Å²) < 4.78 is 0. The molecule has 1 N–H and O–H groups in total. The highest BCUT2D eigenvalue weighted by Gasteiger charge is 2.29. The second kappa shape index (κ2) is 7.40. The number of carbonyl (C=O) groups is 1. The Labute approximate surface area is 153 Å². The summed E-state index contributed by atoms with van der Waals surface area (Å²) in [5, 5.41) is 2.89. The Morgan fingerprint density at radius 2 is 1.62 bits per heavy atom. The van der Waals surface area contributed by atoms with Gasteiger partial charge in [-0.15, -0.1) is 0 Å². The van der Waals surface area contributed by atoms with Gasteiger partial charge >= 0.3 is 0 Å². The van der Waals surface area contributed by atoms with Gasteiger partial charge in [0.1, 0.15) is 5.82 Å². The standard InChI is InChI=1S/C22H21N3O/c26-22(18-11-12-18)24-21-14-13-20(15-23-21)25(19-9-5-2-6-10-19)16-17-7-3-1-4-8-17/h1-10,13-15,18H,11-12,16H2,(H,23,24,26). The van der Waals surface area contributed by atoms with Crippen molar-refractivity contribution in [2.75, 3.05) is 10.2 Å². The molecule has 1 saturated carbocycles. The molecule has 26 heavy (non-hydrogen) atoms. The monoisotopic (exact) mass is 343 g/mol. The fourth-order valence-corrected chi connectivity index (χ4v) is 2.90. The van der Waals surface area contributed by atoms with E-state index >= 15 is 0 Å². The van der Waals surface area contributed by atoms with Crippen LogP contribution in [0.1, 0.15) is 18.4 Å². The third-order valence-corrected chi connectivity index (χ3v) is 4.51. The molecule has 1 aromatic heterocycles. The SMILES string of the molecule is O=C(Nc1ccc(N(Cc2ccccc2)c2ccccc2)cn1)C1CC1. The number of aromatic nitrogens is 1. The summed E-state index contributed by atoms with van der Waals surface area (Å²) in [5.41, 5.74) is 3.32. The van der Waals surface area contributed by atoms with Crippen LogP contribution in [-0.4, -0.2) is 10.9 Å². The van der Waals surface area contributed by atoms with Gasteiger partial charge in [-0.1, -0.05) is 48.5 Å². The van der Waals surface area contributed by atoms with E-state index in [1.165, 1.54) is 5.56 Å². The third-order valence-electron chi connectivity index (χ3n) is 4.51. The summed E-state index contributed by atoms with van der Waals surface area (Å²) in [6.45, 7) is 0.750. The number of nitrogens with zero attached hydrogens (tertiary/aromatic N) is 2. The van der Waals surface area contributed by atoms with Gasteiger partial charge in [0, 0.05) is 18.2 Å². The molecule has 0 bridgehead atoms. The molecule has 0 atom stereocenters. The first-order valence-corrected chi connectivity index (χ1v) is 8.93. The number of hydrogen-bond acceptors (Lipinski definition) is 3. The topological polar surface area (TPSA) is 45.2 Å². The molecule has 0 saturated heterocycles. The van der Waals surface area contributed by atoms with Crippen LogP contribution in [0.2, 0.25) is 0 Å². The molecule has 130 valence electrons. The van der Waals surface area contributed by atoms with Crippen LogP contribution in [-0.2, 0) is 11.3 Å². The van der Waals surface area contributed by atoms with E-state index in [4.69, 9.17) is 0 Å². The van der Waals surface area contributed by atoms with E-state index in [-0.39, 0.29) is 11.8 Å². The lowest BCUT2D eigenvalue weighted by atomic mass is 10.2. The van der Waals surface area contributed by atoms with E-state index in [1.54, 1.807) is 0 Å². The van der Waals surface area contributed by atoms with Crippen molar-refractivity contribution in [3.05, 3.63) is 84.6 Å². The molecule has 0 spiro atoms. The van der Waals surface area contributed by atoms with Crippen LogP contribution in [0.25, 0.3) is 0 Å². The van der Waals surface area contributed by atoms with Crippen LogP contribution < -0.4 is 10.2 Å². The zero-order chi connectivity index (χ0) is 17.8. The number of hydrogen-bond donors (Lipinski definition) is 1. The molecule has 1 heterocycles. The van der Waals surface area contributed by atoms with Crippen LogP contribution in [0.3, 0.4) is 0 Å². The van der Waals surface area contributed by atoms with E-state index in [1.807, 2.05) is 54.7 Å². The molecule has 1 aliphatic carbocycles. The minimum atomic E-state index is 0.0782. The van der Waals surface area contributed by atoms with E-state index in [9.17, 15) is 4.79 Å². The molecule has 1 amide bonds. The van der Waals surface area contributed by atoms with Gasteiger partial charge in [-0.25, -0.2) is 4.98 Å². The van der Waals surface area contributed by atoms with Gasteiger partial charge in [0.15, 0.2) is 0 Å². The highest BCUT2D eigenvalue weighted by Crippen LogP contribution is 2.31. The maximum Gasteiger partial charge on any atom is 0.228 e. The Hall–Kier alpha value is -3.14. The molecule has 3 aromatic rings. The number of benzene rings is 2. The minimum absolute atomic E-state index is 0.0782. The Morgan fingerprint density at radius 3 is 2.23 bits per heavy atom. The zero-order valence-electron chi connectivity index (χ0n) is 14.5. The van der Waals surface area contributed by atoms with Gasteiger partial charge < -0.3 is 10.2 Å². The maximum atomic E-state index is 11.9. The number of carbonyl (C=O) groups excluding carboxylic acids is 1. The first-order valence-electron chi connectivity index (χ1n) is 8.93. The van der Waals surface area contributed by atoms with Gasteiger partial charge in [0.25, 0.3) is 0 Å². The van der Waals surface area contributed by atoms with E-state index < -0.39 is 0 Å². The van der Waals surface area contributed by atoms with Gasteiger partial charge in [-0.2, -0.15) is 0 Å². The summed E-state index contributed by atoms with van der Waals surface area (Å²) in [7, 11) is 0. The average Bonchev–Trinajstić information content (AvgIpc) is 3.54. The van der Waals surface area contributed by atoms with Crippen LogP contribution in [0.4, 0.5) is 17.2 Å². The maximum absolute atomic E-state index is 11.9. The summed E-state index contributed by atoms with van der Waals surface area (Å²) in [6.07, 6.45) is 3.80. The molecule has 0 aliphatic heterocycles. The van der Waals surface area contributed by atoms with E-state index in [2.05, 4.69) is 39.5 Å². The Bertz CT molecular complexity index is 859. The van der Waals surface area contributed by atoms with E-state index in [0.29, 0.717) is 5.82 Å². The molecule has 1 aliphatic rings. The lowest BCUT2D eigenvalue weighted by Crippen LogP contribution is -2.17. The number of nitrogens with one attached hydrogen (secondary N) is 1. The normalized spacial score (nSPS) is 13.2. The first kappa shape index (κ1) is 16.3. The number of para-hydroxylation sites is 1. The Balaban J connectivity index is 1.57. The average molecular weight is 343 g/mol. The molecular formula is C22H21N3O. The Kier molecular flexibility index (Phi) is 4.65. The minimum Gasteiger partial charge on any atom is -0.336 e. The summed E-state index contributed by atoms with van der Waals surface area (Å²) in [6, 6.07) is 24.5. The molecular weight excluding hydrogens is 322 g/mol. The summed E-state index contributed by atoms with van der Waals surface area (Å²) in [4.78, 5) is 18.6. The quantitative estimate of drug-likeness (QED) is 0.701. The fourth-order valence-electron chi connectivity index (χ4n) is 2.90. The van der Waals surface area contributed by atoms with Crippen molar-refractivity contribution in [2.24, 2.45) is 5.92 Å². The molecule has 1 fully saturated rings. The molecule has 2 aromatic carbocycles. The second-order valence-corrected chi connectivity index (χ2v) is 6.57. The first-order chi connectivity index (χ1) is 12.8. The van der Waals surface area contributed by atoms with Crippen LogP contribution in [0.5, 0.6) is 0 Å². The lowest BCUT2D eigenvalue weighted by Gasteiger charge is -2.25. The number of amides is 1. The van der Waals surface area contributed by atoms with Crippen LogP contribution in [0.15, 0.2) is 79.0 Å². The van der Waals surface area contributed by atoms with Crippen molar-refractivity contribution < 1.29 is 4.79 Å². The van der Waals surface area contributed by atoms with Crippen LogP contribution in [0, 0.1) is 5.92 Å². The van der Waals surface area contributed by atoms with Crippen molar-refractivity contribution >= 4 is 23.1 Å². The predicted octanol–water partition coefficient (Wildman–Crippen LogP) is 4.77. The zero-order valence-corrected chi connectivity index (χ0v) is 14.5. The molecule has 4 nitrogen and oxygen atoms in total. The Morgan fingerprint density at radius 1 is 0.923 bits per heavy atom. The largest absolute Gasteiger partial charge is 0.336 e. The highest BCUT2D eigenvalue weighted by molar-refractivity contribution is 5.93. The van der Waals surface area contributed by atoms with Gasteiger partial charge in [0.05, 0.1) is 11.9 Å². The fraction of sp³-hybridized carbons (Fsp3) is 0.182.